The highest BCUT2D eigenvalue weighted by Gasteiger charge is 2.49. The number of unbranched alkanes of at least 4 members (excludes halogenated alkanes) is 2. The largest absolute Gasteiger partial charge is 0.481 e. The van der Waals surface area contributed by atoms with Gasteiger partial charge in [-0.2, -0.15) is 10.5 Å². The van der Waals surface area contributed by atoms with Crippen molar-refractivity contribution in [2.45, 2.75) is 64.9 Å². The third-order valence-electron chi connectivity index (χ3n) is 5.71. The van der Waals surface area contributed by atoms with Crippen LogP contribution in [0.2, 0.25) is 0 Å². The Balaban J connectivity index is 3.15. The number of rotatable bonds is 12. The van der Waals surface area contributed by atoms with Gasteiger partial charge in [-0.25, -0.2) is 0 Å². The Morgan fingerprint density at radius 1 is 1.28 bits per heavy atom. The number of carbonyl (C=O) groups is 2. The van der Waals surface area contributed by atoms with E-state index in [2.05, 4.69) is 6.92 Å². The number of nitrogens with zero attached hydrogens (tertiary/aromatic N) is 2. The molecule has 0 heterocycles. The minimum Gasteiger partial charge on any atom is -0.481 e. The number of carbonyl (C=O) groups excluding carboxylic acids is 1. The molecule has 29 heavy (non-hydrogen) atoms. The SMILES string of the molecule is C/C=C/CCC(C(=O)O)C1C(=O)CC(C(C#N)C#N)C1/C=C/C(O)CCCCC. The van der Waals surface area contributed by atoms with Crippen LogP contribution in [0.1, 0.15) is 58.8 Å². The van der Waals surface area contributed by atoms with Gasteiger partial charge in [-0.1, -0.05) is 50.5 Å². The van der Waals surface area contributed by atoms with E-state index >= 15 is 0 Å². The van der Waals surface area contributed by atoms with E-state index in [0.29, 0.717) is 19.3 Å². The summed E-state index contributed by atoms with van der Waals surface area (Å²) >= 11 is 0. The number of hydrogen-bond acceptors (Lipinski definition) is 5. The number of ketones is 1. The molecule has 0 aromatic carbocycles. The van der Waals surface area contributed by atoms with E-state index in [4.69, 9.17) is 0 Å². The third kappa shape index (κ3) is 7.15. The number of aliphatic carboxylic acids is 1. The van der Waals surface area contributed by atoms with E-state index in [9.17, 15) is 30.3 Å². The van der Waals surface area contributed by atoms with Crippen molar-refractivity contribution in [3.63, 3.8) is 0 Å². The van der Waals surface area contributed by atoms with E-state index in [1.54, 1.807) is 12.2 Å². The molecule has 0 bridgehead atoms. The topological polar surface area (TPSA) is 122 Å². The smallest absolute Gasteiger partial charge is 0.307 e. The zero-order chi connectivity index (χ0) is 21.8. The van der Waals surface area contributed by atoms with Gasteiger partial charge in [0.15, 0.2) is 0 Å². The van der Waals surface area contributed by atoms with Gasteiger partial charge in [0.05, 0.1) is 24.2 Å². The Bertz CT molecular complexity index is 672. The molecular formula is C23H32N2O4. The first-order chi connectivity index (χ1) is 13.9. The van der Waals surface area contributed by atoms with Crippen LogP contribution in [-0.4, -0.2) is 28.1 Å². The molecule has 1 saturated carbocycles. The lowest BCUT2D eigenvalue weighted by atomic mass is 9.75. The molecule has 0 radical (unpaired) electrons. The minimum absolute atomic E-state index is 0.0186. The van der Waals surface area contributed by atoms with Crippen LogP contribution < -0.4 is 0 Å². The Hall–Kier alpha value is -2.44. The molecule has 1 aliphatic carbocycles. The van der Waals surface area contributed by atoms with Crippen LogP contribution >= 0.6 is 0 Å². The predicted octanol–water partition coefficient (Wildman–Crippen LogP) is 4.03. The first-order valence-corrected chi connectivity index (χ1v) is 10.4. The quantitative estimate of drug-likeness (QED) is 0.377. The average molecular weight is 401 g/mol. The van der Waals surface area contributed by atoms with Crippen LogP contribution in [0.3, 0.4) is 0 Å². The maximum atomic E-state index is 12.8. The van der Waals surface area contributed by atoms with Gasteiger partial charge in [0.1, 0.15) is 11.7 Å². The summed E-state index contributed by atoms with van der Waals surface area (Å²) in [5.41, 5.74) is 0. The number of carboxylic acid groups (broad SMARTS) is 1. The molecular weight excluding hydrogens is 368 g/mol. The van der Waals surface area contributed by atoms with Crippen LogP contribution in [0.5, 0.6) is 0 Å². The molecule has 0 aromatic rings. The fourth-order valence-electron chi connectivity index (χ4n) is 4.16. The van der Waals surface area contributed by atoms with Crippen LogP contribution in [0.15, 0.2) is 24.3 Å². The Morgan fingerprint density at radius 2 is 1.97 bits per heavy atom. The zero-order valence-corrected chi connectivity index (χ0v) is 17.3. The predicted molar refractivity (Wildman–Crippen MR) is 109 cm³/mol. The van der Waals surface area contributed by atoms with Gasteiger partial charge in [-0.15, -0.1) is 0 Å². The molecule has 5 unspecified atom stereocenters. The summed E-state index contributed by atoms with van der Waals surface area (Å²) < 4.78 is 0. The molecule has 6 nitrogen and oxygen atoms in total. The second-order valence-corrected chi connectivity index (χ2v) is 7.71. The molecule has 0 amide bonds. The lowest BCUT2D eigenvalue weighted by Crippen LogP contribution is -2.32. The Kier molecular flexibility index (Phi) is 10.9. The Labute approximate surface area is 173 Å². The average Bonchev–Trinajstić information content (AvgIpc) is 3.00. The lowest BCUT2D eigenvalue weighted by molar-refractivity contribution is -0.147. The number of hydrogen-bond donors (Lipinski definition) is 2. The molecule has 6 heteroatoms. The molecule has 0 saturated heterocycles. The summed E-state index contributed by atoms with van der Waals surface area (Å²) in [4.78, 5) is 24.7. The summed E-state index contributed by atoms with van der Waals surface area (Å²) in [6.45, 7) is 3.92. The maximum Gasteiger partial charge on any atom is 0.307 e. The van der Waals surface area contributed by atoms with Crippen molar-refractivity contribution in [1.29, 1.82) is 10.5 Å². The number of carboxylic acids is 1. The van der Waals surface area contributed by atoms with Crippen LogP contribution in [-0.2, 0) is 9.59 Å². The van der Waals surface area contributed by atoms with Gasteiger partial charge >= 0.3 is 5.97 Å². The van der Waals surface area contributed by atoms with Crippen molar-refractivity contribution in [1.82, 2.24) is 0 Å². The van der Waals surface area contributed by atoms with Crippen LogP contribution in [0.4, 0.5) is 0 Å². The zero-order valence-electron chi connectivity index (χ0n) is 17.3. The fraction of sp³-hybridized carbons (Fsp3) is 0.652. The normalized spacial score (nSPS) is 24.1. The van der Waals surface area contributed by atoms with E-state index in [-0.39, 0.29) is 12.2 Å². The van der Waals surface area contributed by atoms with Crippen molar-refractivity contribution in [2.75, 3.05) is 0 Å². The molecule has 0 aromatic heterocycles. The van der Waals surface area contributed by atoms with E-state index in [1.165, 1.54) is 0 Å². The van der Waals surface area contributed by atoms with Gasteiger partial charge in [0.25, 0.3) is 0 Å². The maximum absolute atomic E-state index is 12.8. The number of allylic oxidation sites excluding steroid dienone is 3. The second-order valence-electron chi connectivity index (χ2n) is 7.71. The van der Waals surface area contributed by atoms with Crippen molar-refractivity contribution in [3.05, 3.63) is 24.3 Å². The van der Waals surface area contributed by atoms with Gasteiger partial charge in [0, 0.05) is 18.3 Å². The molecule has 1 aliphatic rings. The van der Waals surface area contributed by atoms with E-state index in [0.717, 1.165) is 19.3 Å². The highest BCUT2D eigenvalue weighted by molar-refractivity contribution is 5.89. The lowest BCUT2D eigenvalue weighted by Gasteiger charge is -2.26. The molecule has 1 fully saturated rings. The number of aliphatic hydroxyl groups is 1. The highest BCUT2D eigenvalue weighted by atomic mass is 16.4. The summed E-state index contributed by atoms with van der Waals surface area (Å²) in [5, 5.41) is 38.6. The first-order valence-electron chi connectivity index (χ1n) is 10.4. The standard InChI is InChI=1S/C23H32N2O4/c1-3-5-7-9-17(26)11-12-18-20(16(14-24)15-25)13-21(27)22(18)19(23(28)29)10-8-6-4-2/h4,6,11-12,16-20,22,26H,3,5,7-10,13H2,1-2H3,(H,28,29)/b6-4+,12-11+. The minimum atomic E-state index is -1.04. The van der Waals surface area contributed by atoms with Crippen molar-refractivity contribution in [2.24, 2.45) is 29.6 Å². The van der Waals surface area contributed by atoms with Gasteiger partial charge in [0.2, 0.25) is 0 Å². The van der Waals surface area contributed by atoms with Crippen LogP contribution in [0, 0.1) is 52.3 Å². The molecule has 0 aliphatic heterocycles. The number of Topliss-reactive ketones (excluding diaryl/α,β-unsaturated/α-hetero) is 1. The van der Waals surface area contributed by atoms with Crippen molar-refractivity contribution >= 4 is 11.8 Å². The van der Waals surface area contributed by atoms with Crippen LogP contribution in [0.25, 0.3) is 0 Å². The summed E-state index contributed by atoms with van der Waals surface area (Å²) in [5.74, 6) is -5.00. The summed E-state index contributed by atoms with van der Waals surface area (Å²) in [6, 6.07) is 3.89. The van der Waals surface area contributed by atoms with Gasteiger partial charge in [-0.3, -0.25) is 9.59 Å². The van der Waals surface area contributed by atoms with Gasteiger partial charge in [-0.05, 0) is 32.1 Å². The molecule has 1 rings (SSSR count). The number of aliphatic hydroxyl groups excluding tert-OH is 1. The Morgan fingerprint density at radius 3 is 2.52 bits per heavy atom. The summed E-state index contributed by atoms with van der Waals surface area (Å²) in [6.07, 6.45) is 10.7. The molecule has 0 spiro atoms. The van der Waals surface area contributed by atoms with E-state index in [1.807, 2.05) is 31.2 Å². The van der Waals surface area contributed by atoms with Gasteiger partial charge < -0.3 is 10.2 Å². The fourth-order valence-corrected chi connectivity index (χ4v) is 4.16. The highest BCUT2D eigenvalue weighted by Crippen LogP contribution is 2.44. The number of nitriles is 2. The first kappa shape index (κ1) is 24.6. The summed E-state index contributed by atoms with van der Waals surface area (Å²) in [7, 11) is 0. The third-order valence-corrected chi connectivity index (χ3v) is 5.71. The molecule has 158 valence electrons. The molecule has 5 atom stereocenters. The molecule has 2 N–H and O–H groups in total. The second kappa shape index (κ2) is 12.9. The monoisotopic (exact) mass is 400 g/mol. The van der Waals surface area contributed by atoms with Crippen molar-refractivity contribution in [3.8, 4) is 12.1 Å². The van der Waals surface area contributed by atoms with Crippen molar-refractivity contribution < 1.29 is 19.8 Å². The van der Waals surface area contributed by atoms with E-state index < -0.39 is 41.7 Å².